The Balaban J connectivity index is 3.20. The zero-order valence-corrected chi connectivity index (χ0v) is 12.1. The van der Waals surface area contributed by atoms with Gasteiger partial charge in [0.05, 0.1) is 0 Å². The van der Waals surface area contributed by atoms with Gasteiger partial charge in [-0.2, -0.15) is 13.2 Å². The number of rotatable bonds is 5. The Hall–Kier alpha value is -0.490. The first-order valence-electron chi connectivity index (χ1n) is 5.35. The predicted octanol–water partition coefficient (Wildman–Crippen LogP) is 4.83. The van der Waals surface area contributed by atoms with Crippen molar-refractivity contribution >= 4 is 33.5 Å². The average molecular weight is 341 g/mol. The van der Waals surface area contributed by atoms with Gasteiger partial charge in [0, 0.05) is 22.2 Å². The number of carbonyl (C=O) groups excluding carboxylic acids is 1. The molecule has 1 nitrogen and oxygen atoms in total. The first-order chi connectivity index (χ1) is 8.39. The molecule has 0 spiro atoms. The summed E-state index contributed by atoms with van der Waals surface area (Å²) in [4.78, 5) is 11.9. The molecule has 0 saturated heterocycles. The van der Waals surface area contributed by atoms with Crippen LogP contribution in [0.3, 0.4) is 0 Å². The topological polar surface area (TPSA) is 17.1 Å². The van der Waals surface area contributed by atoms with E-state index in [-0.39, 0.29) is 34.4 Å². The minimum Gasteiger partial charge on any atom is -0.294 e. The van der Waals surface area contributed by atoms with Crippen molar-refractivity contribution in [2.24, 2.45) is 0 Å². The van der Waals surface area contributed by atoms with Gasteiger partial charge in [0.25, 0.3) is 0 Å². The summed E-state index contributed by atoms with van der Waals surface area (Å²) in [6, 6.07) is 4.60. The lowest BCUT2D eigenvalue weighted by Crippen LogP contribution is -2.09. The van der Waals surface area contributed by atoms with Gasteiger partial charge in [-0.3, -0.25) is 4.79 Å². The summed E-state index contributed by atoms with van der Waals surface area (Å²) in [7, 11) is 0. The van der Waals surface area contributed by atoms with Crippen LogP contribution in [0.4, 0.5) is 13.2 Å². The first-order valence-corrected chi connectivity index (χ1v) is 7.29. The fourth-order valence-corrected chi connectivity index (χ4v) is 2.71. The van der Waals surface area contributed by atoms with Crippen LogP contribution in [0.1, 0.15) is 29.3 Å². The van der Waals surface area contributed by atoms with Crippen molar-refractivity contribution in [3.63, 3.8) is 0 Å². The molecule has 0 fully saturated rings. The van der Waals surface area contributed by atoms with E-state index in [0.29, 0.717) is 17.3 Å². The number of benzene rings is 1. The van der Waals surface area contributed by atoms with Crippen molar-refractivity contribution in [1.82, 2.24) is 0 Å². The second-order valence-electron chi connectivity index (χ2n) is 3.55. The van der Waals surface area contributed by atoms with Gasteiger partial charge < -0.3 is 0 Å². The highest BCUT2D eigenvalue weighted by atomic mass is 79.9. The zero-order valence-electron chi connectivity index (χ0n) is 9.68. The molecule has 0 amide bonds. The van der Waals surface area contributed by atoms with E-state index in [4.69, 9.17) is 0 Å². The molecule has 0 atom stereocenters. The van der Waals surface area contributed by atoms with Crippen LogP contribution in [0.15, 0.2) is 23.1 Å². The predicted molar refractivity (Wildman–Crippen MR) is 70.5 cm³/mol. The summed E-state index contributed by atoms with van der Waals surface area (Å²) >= 11 is 2.90. The Morgan fingerprint density at radius 2 is 2.06 bits per heavy atom. The smallest absolute Gasteiger partial charge is 0.294 e. The molecule has 0 aliphatic rings. The third kappa shape index (κ3) is 4.31. The lowest BCUT2D eigenvalue weighted by molar-refractivity contribution is -0.0328. The lowest BCUT2D eigenvalue weighted by Gasteiger charge is -2.13. The lowest BCUT2D eigenvalue weighted by atomic mass is 10.0. The number of halogens is 4. The Morgan fingerprint density at radius 1 is 1.39 bits per heavy atom. The summed E-state index contributed by atoms with van der Waals surface area (Å²) in [5.41, 5.74) is -3.51. The van der Waals surface area contributed by atoms with E-state index in [9.17, 15) is 18.0 Å². The molecule has 0 N–H and O–H groups in total. The molecule has 100 valence electrons. The molecule has 0 aliphatic carbocycles. The molecule has 18 heavy (non-hydrogen) atoms. The van der Waals surface area contributed by atoms with E-state index >= 15 is 0 Å². The molecule has 0 saturated carbocycles. The van der Waals surface area contributed by atoms with Crippen LogP contribution in [0.25, 0.3) is 0 Å². The molecule has 0 unspecified atom stereocenters. The summed E-state index contributed by atoms with van der Waals surface area (Å²) in [6.07, 6.45) is 0.734. The summed E-state index contributed by atoms with van der Waals surface area (Å²) < 4.78 is 37.3. The van der Waals surface area contributed by atoms with Crippen LogP contribution in [0.5, 0.6) is 0 Å². The number of ketones is 1. The average Bonchev–Trinajstić information content (AvgIpc) is 2.26. The Kier molecular flexibility index (Phi) is 5.72. The molecular weight excluding hydrogens is 329 g/mol. The van der Waals surface area contributed by atoms with Gasteiger partial charge in [-0.1, -0.05) is 35.0 Å². The van der Waals surface area contributed by atoms with Crippen molar-refractivity contribution in [2.75, 3.05) is 5.33 Å². The maximum absolute atomic E-state index is 12.4. The van der Waals surface area contributed by atoms with E-state index in [1.165, 1.54) is 6.07 Å². The van der Waals surface area contributed by atoms with Crippen molar-refractivity contribution in [3.8, 4) is 0 Å². The molecule has 0 heterocycles. The van der Waals surface area contributed by atoms with Gasteiger partial charge >= 0.3 is 5.51 Å². The summed E-state index contributed by atoms with van der Waals surface area (Å²) in [5.74, 6) is -0.254. The van der Waals surface area contributed by atoms with Crippen molar-refractivity contribution < 1.29 is 18.0 Å². The number of hydrogen-bond acceptors (Lipinski definition) is 2. The van der Waals surface area contributed by atoms with E-state index in [0.717, 1.165) is 0 Å². The van der Waals surface area contributed by atoms with E-state index in [1.807, 2.05) is 6.92 Å². The van der Waals surface area contributed by atoms with Crippen LogP contribution in [0, 0.1) is 0 Å². The highest BCUT2D eigenvalue weighted by Crippen LogP contribution is 2.39. The highest BCUT2D eigenvalue weighted by Gasteiger charge is 2.31. The van der Waals surface area contributed by atoms with Crippen LogP contribution in [0.2, 0.25) is 0 Å². The Bertz CT molecular complexity index is 432. The second kappa shape index (κ2) is 6.61. The summed E-state index contributed by atoms with van der Waals surface area (Å²) in [6.45, 7) is 1.82. The largest absolute Gasteiger partial charge is 0.446 e. The standard InChI is InChI=1S/C12H12BrF3OS/c1-2-8-4-3-5-10(18-12(14,15)16)11(8)9(17)6-7-13/h3-5H,2,6-7H2,1H3. The molecule has 0 aliphatic heterocycles. The van der Waals surface area contributed by atoms with E-state index in [1.54, 1.807) is 12.1 Å². The van der Waals surface area contributed by atoms with Gasteiger partial charge in [-0.25, -0.2) is 0 Å². The molecule has 0 bridgehead atoms. The Morgan fingerprint density at radius 3 is 2.56 bits per heavy atom. The minimum absolute atomic E-state index is 0.00667. The molecule has 6 heteroatoms. The number of hydrogen-bond donors (Lipinski definition) is 0. The highest BCUT2D eigenvalue weighted by molar-refractivity contribution is 9.09. The van der Waals surface area contributed by atoms with E-state index < -0.39 is 5.51 Å². The number of Topliss-reactive ketones (excluding diaryl/α,β-unsaturated/α-hetero) is 1. The van der Waals surface area contributed by atoms with Gasteiger partial charge in [0.1, 0.15) is 0 Å². The fraction of sp³-hybridized carbons (Fsp3) is 0.417. The molecular formula is C12H12BrF3OS. The zero-order chi connectivity index (χ0) is 13.8. The SMILES string of the molecule is CCc1cccc(SC(F)(F)F)c1C(=O)CCBr. The van der Waals surface area contributed by atoms with Crippen LogP contribution in [-0.4, -0.2) is 16.6 Å². The number of alkyl halides is 4. The fourth-order valence-electron chi connectivity index (χ4n) is 1.61. The van der Waals surface area contributed by atoms with E-state index in [2.05, 4.69) is 15.9 Å². The molecule has 1 aromatic carbocycles. The van der Waals surface area contributed by atoms with Gasteiger partial charge in [-0.05, 0) is 29.8 Å². The monoisotopic (exact) mass is 340 g/mol. The summed E-state index contributed by atoms with van der Waals surface area (Å²) in [5, 5.41) is 0.444. The molecule has 0 radical (unpaired) electrons. The second-order valence-corrected chi connectivity index (χ2v) is 5.45. The number of thioether (sulfide) groups is 1. The minimum atomic E-state index is -4.38. The molecule has 1 aromatic rings. The van der Waals surface area contributed by atoms with Crippen LogP contribution < -0.4 is 0 Å². The van der Waals surface area contributed by atoms with Crippen LogP contribution in [-0.2, 0) is 6.42 Å². The maximum atomic E-state index is 12.4. The normalized spacial score (nSPS) is 11.6. The number of carbonyl (C=O) groups is 1. The number of aryl methyl sites for hydroxylation is 1. The third-order valence-electron chi connectivity index (χ3n) is 2.32. The van der Waals surface area contributed by atoms with Crippen molar-refractivity contribution in [3.05, 3.63) is 29.3 Å². The van der Waals surface area contributed by atoms with Crippen molar-refractivity contribution in [1.29, 1.82) is 0 Å². The first kappa shape index (κ1) is 15.6. The van der Waals surface area contributed by atoms with Crippen molar-refractivity contribution in [2.45, 2.75) is 30.2 Å². The van der Waals surface area contributed by atoms with Crippen LogP contribution >= 0.6 is 27.7 Å². The molecule has 1 rings (SSSR count). The molecule has 0 aromatic heterocycles. The van der Waals surface area contributed by atoms with Gasteiger partial charge in [0.2, 0.25) is 0 Å². The Labute approximate surface area is 116 Å². The van der Waals surface area contributed by atoms with Gasteiger partial charge in [0.15, 0.2) is 5.78 Å². The van der Waals surface area contributed by atoms with Gasteiger partial charge in [-0.15, -0.1) is 0 Å². The third-order valence-corrected chi connectivity index (χ3v) is 3.51. The maximum Gasteiger partial charge on any atom is 0.446 e. The quantitative estimate of drug-likeness (QED) is 0.434.